The van der Waals surface area contributed by atoms with Gasteiger partial charge < -0.3 is 5.32 Å². The molecular weight excluding hydrogens is 234 g/mol. The molecule has 1 aliphatic carbocycles. The molecule has 0 spiro atoms. The average Bonchev–Trinajstić information content (AvgIpc) is 2.59. The zero-order valence-electron chi connectivity index (χ0n) is 12.7. The number of amides is 1. The lowest BCUT2D eigenvalue weighted by atomic mass is 9.85. The van der Waals surface area contributed by atoms with Crippen LogP contribution in [0.15, 0.2) is 36.0 Å². The third-order valence-electron chi connectivity index (χ3n) is 3.81. The minimum absolute atomic E-state index is 0.150. The fourth-order valence-corrected chi connectivity index (χ4v) is 1.79. The molecule has 0 aromatic rings. The molecule has 1 amide bonds. The van der Waals surface area contributed by atoms with E-state index in [0.717, 1.165) is 18.4 Å². The third-order valence-corrected chi connectivity index (χ3v) is 3.81. The van der Waals surface area contributed by atoms with Gasteiger partial charge in [0.2, 0.25) is 5.91 Å². The topological polar surface area (TPSA) is 29.1 Å². The molecule has 0 radical (unpaired) electrons. The highest BCUT2D eigenvalue weighted by atomic mass is 16.1. The SMILES string of the molecule is CCC(C)(C)CCC(=O)NCC1=CC=CC(C)C=C1. The Morgan fingerprint density at radius 1 is 1.37 bits per heavy atom. The molecule has 106 valence electrons. The summed E-state index contributed by atoms with van der Waals surface area (Å²) in [5, 5.41) is 3.00. The highest BCUT2D eigenvalue weighted by Crippen LogP contribution is 2.25. The maximum atomic E-state index is 11.8. The van der Waals surface area contributed by atoms with Crippen LogP contribution in [0, 0.1) is 11.3 Å². The van der Waals surface area contributed by atoms with Gasteiger partial charge in [0, 0.05) is 13.0 Å². The van der Waals surface area contributed by atoms with Crippen LogP contribution in [-0.2, 0) is 4.79 Å². The van der Waals surface area contributed by atoms with E-state index in [0.29, 0.717) is 18.9 Å². The Bertz CT molecular complexity index is 388. The molecule has 0 aliphatic heterocycles. The van der Waals surface area contributed by atoms with Crippen LogP contribution in [0.2, 0.25) is 0 Å². The number of rotatable bonds is 6. The second-order valence-corrected chi connectivity index (χ2v) is 6.14. The maximum Gasteiger partial charge on any atom is 0.220 e. The first-order valence-corrected chi connectivity index (χ1v) is 7.25. The van der Waals surface area contributed by atoms with Crippen molar-refractivity contribution in [2.45, 2.75) is 47.0 Å². The Kier molecular flexibility index (Phi) is 6.07. The second-order valence-electron chi connectivity index (χ2n) is 6.14. The van der Waals surface area contributed by atoms with Gasteiger partial charge in [-0.05, 0) is 23.3 Å². The minimum atomic E-state index is 0.150. The minimum Gasteiger partial charge on any atom is -0.352 e. The Morgan fingerprint density at radius 3 is 2.79 bits per heavy atom. The van der Waals surface area contributed by atoms with E-state index in [1.165, 1.54) is 0 Å². The zero-order chi connectivity index (χ0) is 14.3. The van der Waals surface area contributed by atoms with Crippen molar-refractivity contribution in [3.63, 3.8) is 0 Å². The van der Waals surface area contributed by atoms with Crippen LogP contribution in [0.25, 0.3) is 0 Å². The molecule has 0 fully saturated rings. The van der Waals surface area contributed by atoms with Gasteiger partial charge in [0.15, 0.2) is 0 Å². The smallest absolute Gasteiger partial charge is 0.220 e. The molecule has 0 saturated heterocycles. The van der Waals surface area contributed by atoms with Gasteiger partial charge in [0.05, 0.1) is 0 Å². The summed E-state index contributed by atoms with van der Waals surface area (Å²) in [5.74, 6) is 0.618. The first kappa shape index (κ1) is 15.7. The molecule has 1 rings (SSSR count). The summed E-state index contributed by atoms with van der Waals surface area (Å²) in [6.45, 7) is 9.37. The number of hydrogen-bond acceptors (Lipinski definition) is 1. The molecule has 1 atom stereocenters. The molecule has 1 unspecified atom stereocenters. The van der Waals surface area contributed by atoms with Crippen molar-refractivity contribution >= 4 is 5.91 Å². The molecule has 0 aromatic carbocycles. The summed E-state index contributed by atoms with van der Waals surface area (Å²) < 4.78 is 0. The number of hydrogen-bond donors (Lipinski definition) is 1. The Labute approximate surface area is 117 Å². The maximum absolute atomic E-state index is 11.8. The van der Waals surface area contributed by atoms with Crippen molar-refractivity contribution in [2.75, 3.05) is 6.54 Å². The quantitative estimate of drug-likeness (QED) is 0.769. The number of carbonyl (C=O) groups excluding carboxylic acids is 1. The van der Waals surface area contributed by atoms with Crippen LogP contribution < -0.4 is 5.32 Å². The van der Waals surface area contributed by atoms with E-state index in [1.807, 2.05) is 0 Å². The van der Waals surface area contributed by atoms with E-state index < -0.39 is 0 Å². The van der Waals surface area contributed by atoms with E-state index >= 15 is 0 Å². The van der Waals surface area contributed by atoms with Crippen molar-refractivity contribution in [2.24, 2.45) is 11.3 Å². The van der Waals surface area contributed by atoms with Crippen LogP contribution in [0.1, 0.15) is 47.0 Å². The van der Waals surface area contributed by atoms with Crippen LogP contribution in [-0.4, -0.2) is 12.5 Å². The third kappa shape index (κ3) is 6.42. The van der Waals surface area contributed by atoms with Crippen molar-refractivity contribution in [3.05, 3.63) is 36.0 Å². The lowest BCUT2D eigenvalue weighted by Gasteiger charge is -2.21. The predicted octanol–water partition coefficient (Wildman–Crippen LogP) is 4.01. The van der Waals surface area contributed by atoms with E-state index in [1.54, 1.807) is 0 Å². The monoisotopic (exact) mass is 261 g/mol. The number of allylic oxidation sites excluding steroid dienone is 4. The van der Waals surface area contributed by atoms with Crippen LogP contribution in [0.5, 0.6) is 0 Å². The summed E-state index contributed by atoms with van der Waals surface area (Å²) in [7, 11) is 0. The van der Waals surface area contributed by atoms with Gasteiger partial charge in [-0.3, -0.25) is 4.79 Å². The Balaban J connectivity index is 2.33. The first-order chi connectivity index (χ1) is 8.93. The van der Waals surface area contributed by atoms with E-state index in [4.69, 9.17) is 0 Å². The predicted molar refractivity (Wildman–Crippen MR) is 81.8 cm³/mol. The molecule has 2 heteroatoms. The van der Waals surface area contributed by atoms with Gasteiger partial charge in [-0.2, -0.15) is 0 Å². The summed E-state index contributed by atoms with van der Waals surface area (Å²) in [6.07, 6.45) is 13.2. The van der Waals surface area contributed by atoms with Crippen molar-refractivity contribution in [1.29, 1.82) is 0 Å². The van der Waals surface area contributed by atoms with Gasteiger partial charge in [-0.15, -0.1) is 0 Å². The van der Waals surface area contributed by atoms with Crippen LogP contribution in [0.3, 0.4) is 0 Å². The lowest BCUT2D eigenvalue weighted by molar-refractivity contribution is -0.121. The van der Waals surface area contributed by atoms with Crippen molar-refractivity contribution in [1.82, 2.24) is 5.32 Å². The number of carbonyl (C=O) groups is 1. The summed E-state index contributed by atoms with van der Waals surface area (Å²) in [6, 6.07) is 0. The normalized spacial score (nSPS) is 18.9. The standard InChI is InChI=1S/C17H27NO/c1-5-17(3,4)12-11-16(19)18-13-15-8-6-7-14(2)9-10-15/h6-10,14H,5,11-13H2,1-4H3,(H,18,19). The second kappa shape index (κ2) is 7.32. The molecule has 1 aliphatic rings. The molecule has 0 bridgehead atoms. The molecule has 0 saturated carbocycles. The van der Waals surface area contributed by atoms with Gasteiger partial charge in [0.25, 0.3) is 0 Å². The van der Waals surface area contributed by atoms with Gasteiger partial charge >= 0.3 is 0 Å². The van der Waals surface area contributed by atoms with Gasteiger partial charge in [-0.1, -0.05) is 64.5 Å². The molecular formula is C17H27NO. The Hall–Kier alpha value is -1.31. The molecule has 19 heavy (non-hydrogen) atoms. The average molecular weight is 261 g/mol. The van der Waals surface area contributed by atoms with Gasteiger partial charge in [0.1, 0.15) is 0 Å². The van der Waals surface area contributed by atoms with Crippen LogP contribution in [0.4, 0.5) is 0 Å². The van der Waals surface area contributed by atoms with Crippen molar-refractivity contribution in [3.8, 4) is 0 Å². The van der Waals surface area contributed by atoms with Crippen LogP contribution >= 0.6 is 0 Å². The van der Waals surface area contributed by atoms with E-state index in [2.05, 4.69) is 63.4 Å². The van der Waals surface area contributed by atoms with Gasteiger partial charge in [-0.25, -0.2) is 0 Å². The summed E-state index contributed by atoms with van der Waals surface area (Å²) in [5.41, 5.74) is 1.42. The highest BCUT2D eigenvalue weighted by Gasteiger charge is 2.16. The lowest BCUT2D eigenvalue weighted by Crippen LogP contribution is -2.26. The first-order valence-electron chi connectivity index (χ1n) is 7.25. The fourth-order valence-electron chi connectivity index (χ4n) is 1.79. The van der Waals surface area contributed by atoms with E-state index in [-0.39, 0.29) is 11.3 Å². The largest absolute Gasteiger partial charge is 0.352 e. The highest BCUT2D eigenvalue weighted by molar-refractivity contribution is 5.76. The fraction of sp³-hybridized carbons (Fsp3) is 0.588. The van der Waals surface area contributed by atoms with Crippen molar-refractivity contribution < 1.29 is 4.79 Å². The molecule has 2 nitrogen and oxygen atoms in total. The summed E-state index contributed by atoms with van der Waals surface area (Å²) >= 11 is 0. The number of nitrogens with one attached hydrogen (secondary N) is 1. The summed E-state index contributed by atoms with van der Waals surface area (Å²) in [4.78, 5) is 11.8. The van der Waals surface area contributed by atoms with E-state index in [9.17, 15) is 4.79 Å². The molecule has 1 N–H and O–H groups in total. The Morgan fingerprint density at radius 2 is 2.11 bits per heavy atom. The molecule has 0 heterocycles. The molecule has 0 aromatic heterocycles. The zero-order valence-corrected chi connectivity index (χ0v) is 12.7.